The largest absolute Gasteiger partial charge is 0.280 e. The van der Waals surface area contributed by atoms with Crippen LogP contribution in [0.25, 0.3) is 0 Å². The van der Waals surface area contributed by atoms with E-state index in [1.807, 2.05) is 54.6 Å². The maximum absolute atomic E-state index is 12.9. The first-order chi connectivity index (χ1) is 12.1. The first-order valence-corrected chi connectivity index (χ1v) is 9.03. The molecule has 2 amide bonds. The SMILES string of the molecule is CCN1C(=O)[C@@H]2[C@@H](c3cccc(Br)c3)N(c3ccccc3)O[C@H]2C1=O. The highest BCUT2D eigenvalue weighted by molar-refractivity contribution is 9.10. The van der Waals surface area contributed by atoms with Crippen LogP contribution in [0.2, 0.25) is 0 Å². The van der Waals surface area contributed by atoms with E-state index in [1.54, 1.807) is 12.0 Å². The van der Waals surface area contributed by atoms with Gasteiger partial charge in [0.05, 0.1) is 11.7 Å². The zero-order valence-electron chi connectivity index (χ0n) is 13.6. The molecule has 5 nitrogen and oxygen atoms in total. The van der Waals surface area contributed by atoms with E-state index >= 15 is 0 Å². The monoisotopic (exact) mass is 400 g/mol. The van der Waals surface area contributed by atoms with Crippen molar-refractivity contribution in [1.82, 2.24) is 4.90 Å². The molecule has 2 aromatic carbocycles. The van der Waals surface area contributed by atoms with Gasteiger partial charge in [-0.05, 0) is 36.8 Å². The number of para-hydroxylation sites is 1. The summed E-state index contributed by atoms with van der Waals surface area (Å²) in [5, 5.41) is 1.71. The Morgan fingerprint density at radius 2 is 1.80 bits per heavy atom. The van der Waals surface area contributed by atoms with Crippen molar-refractivity contribution in [1.29, 1.82) is 0 Å². The summed E-state index contributed by atoms with van der Waals surface area (Å²) >= 11 is 3.49. The molecule has 2 saturated heterocycles. The lowest BCUT2D eigenvalue weighted by molar-refractivity contribution is -0.142. The van der Waals surface area contributed by atoms with Gasteiger partial charge in [0.15, 0.2) is 6.10 Å². The van der Waals surface area contributed by atoms with Gasteiger partial charge in [-0.2, -0.15) is 0 Å². The second-order valence-corrected chi connectivity index (χ2v) is 7.05. The zero-order chi connectivity index (χ0) is 17.6. The van der Waals surface area contributed by atoms with Gasteiger partial charge in [0.25, 0.3) is 5.91 Å². The molecule has 4 rings (SSSR count). The molecular weight excluding hydrogens is 384 g/mol. The van der Waals surface area contributed by atoms with E-state index in [-0.39, 0.29) is 17.9 Å². The van der Waals surface area contributed by atoms with Crippen molar-refractivity contribution in [2.45, 2.75) is 19.1 Å². The lowest BCUT2D eigenvalue weighted by Gasteiger charge is -2.28. The molecule has 128 valence electrons. The van der Waals surface area contributed by atoms with Gasteiger partial charge in [0.2, 0.25) is 5.91 Å². The summed E-state index contributed by atoms with van der Waals surface area (Å²) in [6.07, 6.45) is -0.767. The van der Waals surface area contributed by atoms with Crippen molar-refractivity contribution in [2.75, 3.05) is 11.6 Å². The molecule has 0 N–H and O–H groups in total. The van der Waals surface area contributed by atoms with Gasteiger partial charge < -0.3 is 0 Å². The topological polar surface area (TPSA) is 49.9 Å². The Labute approximate surface area is 154 Å². The van der Waals surface area contributed by atoms with Gasteiger partial charge in [-0.1, -0.05) is 46.3 Å². The number of anilines is 1. The van der Waals surface area contributed by atoms with Crippen molar-refractivity contribution in [3.63, 3.8) is 0 Å². The van der Waals surface area contributed by atoms with Gasteiger partial charge in [0, 0.05) is 11.0 Å². The Hall–Kier alpha value is -2.18. The number of fused-ring (bicyclic) bond motifs is 1. The van der Waals surface area contributed by atoms with Crippen LogP contribution in [0.15, 0.2) is 59.1 Å². The van der Waals surface area contributed by atoms with E-state index in [9.17, 15) is 9.59 Å². The Kier molecular flexibility index (Phi) is 4.09. The number of hydroxylamine groups is 1. The summed E-state index contributed by atoms with van der Waals surface area (Å²) in [6, 6.07) is 17.0. The number of carbonyl (C=O) groups is 2. The van der Waals surface area contributed by atoms with Crippen molar-refractivity contribution in [3.8, 4) is 0 Å². The summed E-state index contributed by atoms with van der Waals surface area (Å²) in [6.45, 7) is 2.17. The summed E-state index contributed by atoms with van der Waals surface area (Å²) in [4.78, 5) is 32.7. The minimum absolute atomic E-state index is 0.166. The fourth-order valence-electron chi connectivity index (χ4n) is 3.61. The number of likely N-dealkylation sites (tertiary alicyclic amines) is 1. The van der Waals surface area contributed by atoms with Crippen LogP contribution >= 0.6 is 15.9 Å². The summed E-state index contributed by atoms with van der Waals surface area (Å²) in [5.74, 6) is -0.959. The minimum Gasteiger partial charge on any atom is -0.280 e. The highest BCUT2D eigenvalue weighted by Crippen LogP contribution is 2.46. The standard InChI is InChI=1S/C19H17BrN2O3/c1-2-21-18(23)15-16(12-7-6-8-13(20)11-12)22(25-17(15)19(21)24)14-9-4-3-5-10-14/h3-11,15-17H,2H2,1H3/t15-,16-,17-/m1/s1. The third-order valence-electron chi connectivity index (χ3n) is 4.72. The first kappa shape index (κ1) is 16.3. The Bertz CT molecular complexity index is 826. The Morgan fingerprint density at radius 3 is 2.48 bits per heavy atom. The fourth-order valence-corrected chi connectivity index (χ4v) is 4.03. The van der Waals surface area contributed by atoms with E-state index in [0.717, 1.165) is 15.7 Å². The quantitative estimate of drug-likeness (QED) is 0.741. The molecule has 6 heteroatoms. The number of amides is 2. The summed E-state index contributed by atoms with van der Waals surface area (Å²) < 4.78 is 0.922. The number of nitrogens with zero attached hydrogens (tertiary/aromatic N) is 2. The highest BCUT2D eigenvalue weighted by Gasteiger charge is 2.59. The van der Waals surface area contributed by atoms with Crippen LogP contribution in [-0.4, -0.2) is 29.4 Å². The molecule has 2 fully saturated rings. The Morgan fingerprint density at radius 1 is 1.04 bits per heavy atom. The molecule has 3 atom stereocenters. The smallest absolute Gasteiger partial charge is 0.261 e. The average molecular weight is 401 g/mol. The van der Waals surface area contributed by atoms with Crippen molar-refractivity contribution in [3.05, 3.63) is 64.6 Å². The molecular formula is C19H17BrN2O3. The summed E-state index contributed by atoms with van der Waals surface area (Å²) in [7, 11) is 0. The highest BCUT2D eigenvalue weighted by atomic mass is 79.9. The van der Waals surface area contributed by atoms with Crippen molar-refractivity contribution < 1.29 is 14.4 Å². The zero-order valence-corrected chi connectivity index (χ0v) is 15.2. The lowest BCUT2D eigenvalue weighted by Crippen LogP contribution is -2.37. The molecule has 2 heterocycles. The molecule has 0 unspecified atom stereocenters. The molecule has 2 aliphatic heterocycles. The predicted molar refractivity (Wildman–Crippen MR) is 96.6 cm³/mol. The maximum Gasteiger partial charge on any atom is 0.261 e. The van der Waals surface area contributed by atoms with E-state index in [4.69, 9.17) is 4.84 Å². The molecule has 0 radical (unpaired) electrons. The van der Waals surface area contributed by atoms with Gasteiger partial charge in [0.1, 0.15) is 5.92 Å². The van der Waals surface area contributed by atoms with Crippen LogP contribution in [0.5, 0.6) is 0 Å². The number of benzene rings is 2. The van der Waals surface area contributed by atoms with Gasteiger partial charge in [-0.3, -0.25) is 19.3 Å². The number of hydrogen-bond acceptors (Lipinski definition) is 4. The average Bonchev–Trinajstić information content (AvgIpc) is 3.12. The van der Waals surface area contributed by atoms with E-state index in [0.29, 0.717) is 6.54 Å². The number of likely N-dealkylation sites (N-methyl/N-ethyl adjacent to an activating group) is 1. The van der Waals surface area contributed by atoms with Crippen LogP contribution in [0.4, 0.5) is 5.69 Å². The second-order valence-electron chi connectivity index (χ2n) is 6.13. The fraction of sp³-hybridized carbons (Fsp3) is 0.263. The molecule has 0 aromatic heterocycles. The van der Waals surface area contributed by atoms with E-state index in [1.165, 1.54) is 4.90 Å². The molecule has 25 heavy (non-hydrogen) atoms. The van der Waals surface area contributed by atoms with E-state index in [2.05, 4.69) is 15.9 Å². The van der Waals surface area contributed by atoms with Gasteiger partial charge >= 0.3 is 0 Å². The summed E-state index contributed by atoms with van der Waals surface area (Å²) in [5.41, 5.74) is 1.76. The van der Waals surface area contributed by atoms with Gasteiger partial charge in [-0.15, -0.1) is 0 Å². The van der Waals surface area contributed by atoms with Crippen LogP contribution < -0.4 is 5.06 Å². The molecule has 2 aliphatic rings. The molecule has 2 aromatic rings. The third-order valence-corrected chi connectivity index (χ3v) is 5.22. The van der Waals surface area contributed by atoms with Crippen molar-refractivity contribution in [2.24, 2.45) is 5.92 Å². The number of hydrogen-bond donors (Lipinski definition) is 0. The lowest BCUT2D eigenvalue weighted by atomic mass is 9.90. The maximum atomic E-state index is 12.9. The second kappa shape index (κ2) is 6.28. The number of halogens is 1. The first-order valence-electron chi connectivity index (χ1n) is 8.23. The third kappa shape index (κ3) is 2.56. The molecule has 0 saturated carbocycles. The predicted octanol–water partition coefficient (Wildman–Crippen LogP) is 3.32. The molecule has 0 aliphatic carbocycles. The van der Waals surface area contributed by atoms with E-state index < -0.39 is 12.0 Å². The van der Waals surface area contributed by atoms with Crippen LogP contribution in [0, 0.1) is 5.92 Å². The van der Waals surface area contributed by atoms with Crippen LogP contribution in [0.1, 0.15) is 18.5 Å². The number of imide groups is 1. The number of rotatable bonds is 3. The minimum atomic E-state index is -0.767. The van der Waals surface area contributed by atoms with Gasteiger partial charge in [-0.25, -0.2) is 5.06 Å². The van der Waals surface area contributed by atoms with Crippen molar-refractivity contribution >= 4 is 33.4 Å². The van der Waals surface area contributed by atoms with Crippen LogP contribution in [-0.2, 0) is 14.4 Å². The van der Waals surface area contributed by atoms with Crippen LogP contribution in [0.3, 0.4) is 0 Å². The Balaban J connectivity index is 1.82. The molecule has 0 bridgehead atoms. The normalized spacial score (nSPS) is 25.6. The molecule has 0 spiro atoms. The number of carbonyl (C=O) groups excluding carboxylic acids is 2.